The maximum absolute atomic E-state index is 12.6. The minimum Gasteiger partial charge on any atom is -0.337 e. The molecule has 1 spiro atoms. The molecule has 1 N–H and O–H groups in total. The third-order valence-electron chi connectivity index (χ3n) is 6.99. The van der Waals surface area contributed by atoms with Gasteiger partial charge in [0, 0.05) is 31.1 Å². The van der Waals surface area contributed by atoms with Crippen molar-refractivity contribution < 1.29 is 4.79 Å². The molecule has 0 bridgehead atoms. The summed E-state index contributed by atoms with van der Waals surface area (Å²) in [5.74, 6) is 1.75. The van der Waals surface area contributed by atoms with Crippen LogP contribution < -0.4 is 5.32 Å². The van der Waals surface area contributed by atoms with E-state index in [-0.39, 0.29) is 5.54 Å². The van der Waals surface area contributed by atoms with Gasteiger partial charge in [0.05, 0.1) is 0 Å². The molecule has 4 rings (SSSR count). The fourth-order valence-electron chi connectivity index (χ4n) is 5.82. The Labute approximate surface area is 145 Å². The monoisotopic (exact) mass is 326 g/mol. The zero-order valence-electron chi connectivity index (χ0n) is 14.8. The average molecular weight is 326 g/mol. The van der Waals surface area contributed by atoms with Crippen LogP contribution in [0, 0.1) is 11.8 Å². The summed E-state index contributed by atoms with van der Waals surface area (Å²) in [6.45, 7) is 4.39. The Morgan fingerprint density at radius 3 is 2.83 bits per heavy atom. The molecule has 0 aromatic heterocycles. The molecule has 4 atom stereocenters. The van der Waals surface area contributed by atoms with Gasteiger partial charge in [-0.25, -0.2) is 0 Å². The summed E-state index contributed by atoms with van der Waals surface area (Å²) in [6, 6.07) is 11.3. The number of benzene rings is 1. The highest BCUT2D eigenvalue weighted by atomic mass is 16.2. The molecule has 3 fully saturated rings. The van der Waals surface area contributed by atoms with Gasteiger partial charge in [-0.1, -0.05) is 37.3 Å². The van der Waals surface area contributed by atoms with E-state index in [2.05, 4.69) is 47.5 Å². The normalized spacial score (nSPS) is 36.1. The number of hydrogen-bond acceptors (Lipinski definition) is 2. The van der Waals surface area contributed by atoms with Crippen molar-refractivity contribution in [1.82, 2.24) is 10.2 Å². The number of carbonyl (C=O) groups is 1. The first-order valence-electron chi connectivity index (χ1n) is 9.78. The second-order valence-corrected chi connectivity index (χ2v) is 8.12. The smallest absolute Gasteiger partial charge is 0.223 e. The van der Waals surface area contributed by atoms with Crippen LogP contribution in [0.1, 0.15) is 57.4 Å². The summed E-state index contributed by atoms with van der Waals surface area (Å²) in [7, 11) is 0. The number of rotatable bonds is 3. The summed E-state index contributed by atoms with van der Waals surface area (Å²) in [6.07, 6.45) is 7.92. The van der Waals surface area contributed by atoms with Crippen molar-refractivity contribution in [2.75, 3.05) is 6.54 Å². The minimum absolute atomic E-state index is 0.192. The molecule has 3 nitrogen and oxygen atoms in total. The predicted molar refractivity (Wildman–Crippen MR) is 96.5 cm³/mol. The van der Waals surface area contributed by atoms with Gasteiger partial charge in [0.15, 0.2) is 0 Å². The Kier molecular flexibility index (Phi) is 4.38. The molecule has 130 valence electrons. The van der Waals surface area contributed by atoms with Gasteiger partial charge in [0.25, 0.3) is 0 Å². The zero-order chi connectivity index (χ0) is 16.6. The summed E-state index contributed by atoms with van der Waals surface area (Å²) >= 11 is 0. The van der Waals surface area contributed by atoms with Crippen LogP contribution in [-0.4, -0.2) is 28.9 Å². The molecule has 1 aromatic rings. The van der Waals surface area contributed by atoms with Crippen molar-refractivity contribution in [3.05, 3.63) is 35.9 Å². The minimum atomic E-state index is 0.192. The molecule has 2 heterocycles. The van der Waals surface area contributed by atoms with Gasteiger partial charge in [-0.2, -0.15) is 0 Å². The molecule has 0 radical (unpaired) electrons. The van der Waals surface area contributed by atoms with Crippen molar-refractivity contribution in [2.45, 2.75) is 70.0 Å². The van der Waals surface area contributed by atoms with E-state index in [1.165, 1.54) is 37.7 Å². The Morgan fingerprint density at radius 2 is 2.00 bits per heavy atom. The van der Waals surface area contributed by atoms with Crippen LogP contribution >= 0.6 is 0 Å². The molecule has 3 aliphatic rings. The Balaban J connectivity index is 1.49. The number of carbonyl (C=O) groups excluding carboxylic acids is 1. The summed E-state index contributed by atoms with van der Waals surface area (Å²) in [5, 5.41) is 3.83. The summed E-state index contributed by atoms with van der Waals surface area (Å²) < 4.78 is 0. The van der Waals surface area contributed by atoms with Crippen LogP contribution in [-0.2, 0) is 11.3 Å². The van der Waals surface area contributed by atoms with Crippen LogP contribution in [0.2, 0.25) is 0 Å². The lowest BCUT2D eigenvalue weighted by Gasteiger charge is -2.52. The zero-order valence-corrected chi connectivity index (χ0v) is 14.8. The van der Waals surface area contributed by atoms with Crippen LogP contribution in [0.15, 0.2) is 30.3 Å². The van der Waals surface area contributed by atoms with Gasteiger partial charge < -0.3 is 10.2 Å². The van der Waals surface area contributed by atoms with E-state index in [1.54, 1.807) is 0 Å². The van der Waals surface area contributed by atoms with Crippen molar-refractivity contribution >= 4 is 5.91 Å². The molecule has 2 aliphatic heterocycles. The van der Waals surface area contributed by atoms with Crippen molar-refractivity contribution in [1.29, 1.82) is 0 Å². The number of amides is 1. The highest BCUT2D eigenvalue weighted by molar-refractivity contribution is 5.78. The highest BCUT2D eigenvalue weighted by Gasteiger charge is 2.54. The van der Waals surface area contributed by atoms with E-state index in [4.69, 9.17) is 0 Å². The van der Waals surface area contributed by atoms with Crippen LogP contribution in [0.4, 0.5) is 0 Å². The number of nitrogens with one attached hydrogen (secondary N) is 1. The Hall–Kier alpha value is -1.35. The molecular formula is C21H30N2O. The quantitative estimate of drug-likeness (QED) is 0.918. The lowest BCUT2D eigenvalue weighted by Crippen LogP contribution is -2.59. The fourth-order valence-corrected chi connectivity index (χ4v) is 5.82. The molecular weight excluding hydrogens is 296 g/mol. The van der Waals surface area contributed by atoms with Crippen molar-refractivity contribution in [2.24, 2.45) is 11.8 Å². The van der Waals surface area contributed by atoms with E-state index in [9.17, 15) is 4.79 Å². The van der Waals surface area contributed by atoms with Gasteiger partial charge in [-0.3, -0.25) is 4.79 Å². The third-order valence-corrected chi connectivity index (χ3v) is 6.99. The van der Waals surface area contributed by atoms with Crippen LogP contribution in [0.25, 0.3) is 0 Å². The van der Waals surface area contributed by atoms with Gasteiger partial charge in [0.1, 0.15) is 0 Å². The van der Waals surface area contributed by atoms with E-state index >= 15 is 0 Å². The van der Waals surface area contributed by atoms with Crippen LogP contribution in [0.3, 0.4) is 0 Å². The average Bonchev–Trinajstić information content (AvgIpc) is 2.97. The van der Waals surface area contributed by atoms with Crippen molar-refractivity contribution in [3.8, 4) is 0 Å². The maximum atomic E-state index is 12.6. The second-order valence-electron chi connectivity index (χ2n) is 8.12. The number of hydrogen-bond donors (Lipinski definition) is 1. The topological polar surface area (TPSA) is 32.3 Å². The molecule has 1 amide bonds. The second kappa shape index (κ2) is 6.51. The first kappa shape index (κ1) is 16.1. The lowest BCUT2D eigenvalue weighted by molar-refractivity contribution is -0.138. The third kappa shape index (κ3) is 2.67. The molecule has 1 aromatic carbocycles. The SMILES string of the molecule is C[C@H]1[C@@H](NCc2ccccc2)CC[C@@]23CCCN2C(=O)CCC[C@@H]13. The largest absolute Gasteiger partial charge is 0.337 e. The molecule has 0 unspecified atom stereocenters. The summed E-state index contributed by atoms with van der Waals surface area (Å²) in [5.41, 5.74) is 1.56. The van der Waals surface area contributed by atoms with Gasteiger partial charge in [-0.15, -0.1) is 0 Å². The fraction of sp³-hybridized carbons (Fsp3) is 0.667. The molecule has 1 aliphatic carbocycles. The van der Waals surface area contributed by atoms with E-state index < -0.39 is 0 Å². The molecule has 3 heteroatoms. The van der Waals surface area contributed by atoms with Crippen molar-refractivity contribution in [3.63, 3.8) is 0 Å². The maximum Gasteiger partial charge on any atom is 0.223 e. The standard InChI is InChI=1S/C21H30N2O/c1-16-18-9-5-10-20(24)23-14-6-12-21(18,23)13-11-19(16)22-15-17-7-3-2-4-8-17/h2-4,7-8,16,18-19,22H,5-6,9-15H2,1H3/t16-,18+,19+,21-/m1/s1. The van der Waals surface area contributed by atoms with E-state index in [1.807, 2.05) is 0 Å². The highest BCUT2D eigenvalue weighted by Crippen LogP contribution is 2.51. The predicted octanol–water partition coefficient (Wildman–Crippen LogP) is 3.74. The lowest BCUT2D eigenvalue weighted by atomic mass is 9.63. The van der Waals surface area contributed by atoms with Gasteiger partial charge >= 0.3 is 0 Å². The van der Waals surface area contributed by atoms with E-state index in [0.29, 0.717) is 23.8 Å². The first-order valence-corrected chi connectivity index (χ1v) is 9.78. The van der Waals surface area contributed by atoms with Gasteiger partial charge in [0.2, 0.25) is 5.91 Å². The Bertz CT molecular complexity index is 587. The molecule has 1 saturated carbocycles. The first-order chi connectivity index (χ1) is 11.7. The summed E-state index contributed by atoms with van der Waals surface area (Å²) in [4.78, 5) is 14.9. The van der Waals surface area contributed by atoms with E-state index in [0.717, 1.165) is 25.9 Å². The van der Waals surface area contributed by atoms with Crippen LogP contribution in [0.5, 0.6) is 0 Å². The molecule has 2 saturated heterocycles. The number of nitrogens with zero attached hydrogens (tertiary/aromatic N) is 1. The van der Waals surface area contributed by atoms with Gasteiger partial charge in [-0.05, 0) is 55.9 Å². The molecule has 24 heavy (non-hydrogen) atoms. The Morgan fingerprint density at radius 1 is 1.17 bits per heavy atom.